The van der Waals surface area contributed by atoms with E-state index in [-0.39, 0.29) is 37.5 Å². The van der Waals surface area contributed by atoms with Gasteiger partial charge < -0.3 is 41.7 Å². The van der Waals surface area contributed by atoms with Gasteiger partial charge in [0.1, 0.15) is 24.2 Å². The number of hydrogen-bond donors (Lipinski definition) is 8. The molecule has 4 atom stereocenters. The molecule has 0 fully saturated rings. The van der Waals surface area contributed by atoms with E-state index < -0.39 is 60.2 Å². The molecule has 60 heavy (non-hydrogen) atoms. The lowest BCUT2D eigenvalue weighted by Crippen LogP contribution is -2.59. The molecule has 5 rings (SSSR count). The number of carbonyl (C=O) groups excluding carboxylic acids is 5. The summed E-state index contributed by atoms with van der Waals surface area (Å²) >= 11 is 0. The average molecular weight is 820 g/mol. The van der Waals surface area contributed by atoms with Crippen molar-refractivity contribution in [3.8, 4) is 0 Å². The van der Waals surface area contributed by atoms with Gasteiger partial charge in [0.25, 0.3) is 0 Å². The van der Waals surface area contributed by atoms with Crippen molar-refractivity contribution < 1.29 is 33.9 Å². The second kappa shape index (κ2) is 21.5. The molecule has 0 spiro atoms. The van der Waals surface area contributed by atoms with Gasteiger partial charge in [0.2, 0.25) is 29.5 Å². The van der Waals surface area contributed by atoms with E-state index in [0.717, 1.165) is 44.9 Å². The van der Waals surface area contributed by atoms with Crippen LogP contribution in [0.3, 0.4) is 0 Å². The molecule has 318 valence electrons. The Balaban J connectivity index is 1.44. The van der Waals surface area contributed by atoms with Crippen LogP contribution in [0.5, 0.6) is 0 Å². The molecule has 0 radical (unpaired) electrons. The Morgan fingerprint density at radius 2 is 1.03 bits per heavy atom. The first-order valence-electron chi connectivity index (χ1n) is 20.6. The number of carbonyl (C=O) groups is 6. The SMILES string of the molecule is CC(C)CCNC(=O)[C@H](CC(C)C)NC(=O)[C@@H](Cc1c[nH]c2ccccc12)NC(=O)[C@H](Cc1ccccc1)NC(=O)[C@@H](Cc1c[nH]c2ccccc12)NC(=O)CCC(=O)O. The molecule has 2 aromatic heterocycles. The molecule has 5 aromatic rings. The fourth-order valence-corrected chi connectivity index (χ4v) is 7.13. The van der Waals surface area contributed by atoms with Gasteiger partial charge in [-0.1, -0.05) is 94.4 Å². The van der Waals surface area contributed by atoms with Gasteiger partial charge in [0, 0.05) is 66.4 Å². The number of amides is 5. The molecule has 0 bridgehead atoms. The molecule has 0 saturated carbocycles. The zero-order chi connectivity index (χ0) is 43.2. The molecule has 5 amide bonds. The van der Waals surface area contributed by atoms with Gasteiger partial charge in [0.05, 0.1) is 6.42 Å². The van der Waals surface area contributed by atoms with Crippen molar-refractivity contribution in [2.75, 3.05) is 6.54 Å². The summed E-state index contributed by atoms with van der Waals surface area (Å²) < 4.78 is 0. The van der Waals surface area contributed by atoms with Crippen LogP contribution in [0.1, 0.15) is 70.1 Å². The molecule has 2 heterocycles. The van der Waals surface area contributed by atoms with E-state index in [1.165, 1.54) is 0 Å². The summed E-state index contributed by atoms with van der Waals surface area (Å²) in [5.74, 6) is -3.55. The summed E-state index contributed by atoms with van der Waals surface area (Å²) in [5, 5.41) is 25.2. The Labute approximate surface area is 350 Å². The topological polar surface area (TPSA) is 214 Å². The average Bonchev–Trinajstić information content (AvgIpc) is 3.82. The van der Waals surface area contributed by atoms with Crippen LogP contribution >= 0.6 is 0 Å². The zero-order valence-electron chi connectivity index (χ0n) is 34.7. The molecular weight excluding hydrogens is 763 g/mol. The smallest absolute Gasteiger partial charge is 0.303 e. The van der Waals surface area contributed by atoms with Gasteiger partial charge in [0.15, 0.2) is 0 Å². The third-order valence-electron chi connectivity index (χ3n) is 10.3. The fraction of sp³-hybridized carbons (Fsp3) is 0.391. The summed E-state index contributed by atoms with van der Waals surface area (Å²) in [6.45, 7) is 8.51. The van der Waals surface area contributed by atoms with Gasteiger partial charge in [-0.2, -0.15) is 0 Å². The summed E-state index contributed by atoms with van der Waals surface area (Å²) in [4.78, 5) is 87.3. The number of nitrogens with one attached hydrogen (secondary N) is 7. The highest BCUT2D eigenvalue weighted by Gasteiger charge is 2.33. The van der Waals surface area contributed by atoms with E-state index in [9.17, 15) is 33.9 Å². The maximum atomic E-state index is 14.6. The van der Waals surface area contributed by atoms with Gasteiger partial charge in [-0.15, -0.1) is 0 Å². The first-order chi connectivity index (χ1) is 28.8. The van der Waals surface area contributed by atoms with Crippen LogP contribution in [-0.2, 0) is 48.0 Å². The number of H-pyrrole nitrogens is 2. The zero-order valence-corrected chi connectivity index (χ0v) is 34.7. The third kappa shape index (κ3) is 13.0. The first-order valence-corrected chi connectivity index (χ1v) is 20.6. The number of rotatable bonds is 22. The summed E-state index contributed by atoms with van der Waals surface area (Å²) in [7, 11) is 0. The number of aromatic nitrogens is 2. The Hall–Kier alpha value is -6.44. The molecule has 0 aliphatic heterocycles. The number of para-hydroxylation sites is 2. The van der Waals surface area contributed by atoms with E-state index in [0.29, 0.717) is 18.9 Å². The van der Waals surface area contributed by atoms with Crippen LogP contribution in [0.2, 0.25) is 0 Å². The van der Waals surface area contributed by atoms with Crippen molar-refractivity contribution in [3.63, 3.8) is 0 Å². The number of fused-ring (bicyclic) bond motifs is 2. The summed E-state index contributed by atoms with van der Waals surface area (Å²) in [6.07, 6.45) is 4.05. The lowest BCUT2D eigenvalue weighted by atomic mass is 9.99. The number of carboxylic acid groups (broad SMARTS) is 1. The standard InChI is InChI=1S/C46H57N7O7/c1-28(2)20-21-47-43(57)37(22-29(3)4)51-46(60)40(25-32-27-49-36-17-11-9-15-34(32)36)53-44(58)38(23-30-12-6-5-7-13-30)52-45(59)39(50-41(54)18-19-42(55)56)24-31-26-48-35-16-10-8-14-33(31)35/h5-17,26-29,37-40,48-49H,18-25H2,1-4H3,(H,47,57)(H,50,54)(H,51,60)(H,52,59)(H,53,58)(H,55,56)/t37-,38-,39+,40+/m0/s1. The summed E-state index contributed by atoms with van der Waals surface area (Å²) in [5.41, 5.74) is 3.89. The minimum absolute atomic E-state index is 0.0381. The van der Waals surface area contributed by atoms with Gasteiger partial charge in [-0.3, -0.25) is 28.8 Å². The molecular formula is C46H57N7O7. The second-order valence-electron chi connectivity index (χ2n) is 16.1. The Kier molecular flexibility index (Phi) is 16.0. The Morgan fingerprint density at radius 1 is 0.550 bits per heavy atom. The van der Waals surface area contributed by atoms with E-state index in [1.54, 1.807) is 12.4 Å². The normalized spacial score (nSPS) is 13.4. The van der Waals surface area contributed by atoms with Crippen LogP contribution < -0.4 is 26.6 Å². The van der Waals surface area contributed by atoms with Gasteiger partial charge >= 0.3 is 5.97 Å². The quantitative estimate of drug-likeness (QED) is 0.0493. The predicted octanol–water partition coefficient (Wildman–Crippen LogP) is 4.69. The minimum Gasteiger partial charge on any atom is -0.481 e. The van der Waals surface area contributed by atoms with Gasteiger partial charge in [-0.05, 0) is 53.5 Å². The van der Waals surface area contributed by atoms with Crippen molar-refractivity contribution in [1.82, 2.24) is 36.6 Å². The lowest BCUT2D eigenvalue weighted by Gasteiger charge is -2.27. The molecule has 8 N–H and O–H groups in total. The molecule has 3 aromatic carbocycles. The Bertz CT molecular complexity index is 2250. The maximum Gasteiger partial charge on any atom is 0.303 e. The minimum atomic E-state index is -1.22. The summed E-state index contributed by atoms with van der Waals surface area (Å²) in [6, 6.07) is 19.7. The third-order valence-corrected chi connectivity index (χ3v) is 10.3. The fourth-order valence-electron chi connectivity index (χ4n) is 7.13. The number of carboxylic acids is 1. The van der Waals surface area contributed by atoms with Crippen molar-refractivity contribution in [1.29, 1.82) is 0 Å². The Morgan fingerprint density at radius 3 is 1.55 bits per heavy atom. The molecule has 14 nitrogen and oxygen atoms in total. The number of aliphatic carboxylic acids is 1. The van der Waals surface area contributed by atoms with Gasteiger partial charge in [-0.25, -0.2) is 0 Å². The number of aromatic amines is 2. The highest BCUT2D eigenvalue weighted by molar-refractivity contribution is 5.97. The van der Waals surface area contributed by atoms with Crippen LogP contribution in [0.25, 0.3) is 21.8 Å². The predicted molar refractivity (Wildman–Crippen MR) is 231 cm³/mol. The van der Waals surface area contributed by atoms with Crippen molar-refractivity contribution in [2.45, 2.75) is 96.8 Å². The molecule has 0 saturated heterocycles. The lowest BCUT2D eigenvalue weighted by molar-refractivity contribution is -0.139. The van der Waals surface area contributed by atoms with E-state index in [4.69, 9.17) is 0 Å². The first kappa shape index (κ1) is 44.7. The maximum absolute atomic E-state index is 14.6. The monoisotopic (exact) mass is 819 g/mol. The highest BCUT2D eigenvalue weighted by Crippen LogP contribution is 2.21. The van der Waals surface area contributed by atoms with Crippen LogP contribution in [0.4, 0.5) is 0 Å². The van der Waals surface area contributed by atoms with E-state index >= 15 is 0 Å². The van der Waals surface area contributed by atoms with Crippen molar-refractivity contribution in [3.05, 3.63) is 108 Å². The molecule has 0 aliphatic rings. The highest BCUT2D eigenvalue weighted by atomic mass is 16.4. The molecule has 0 aliphatic carbocycles. The van der Waals surface area contributed by atoms with E-state index in [2.05, 4.69) is 50.4 Å². The van der Waals surface area contributed by atoms with Crippen molar-refractivity contribution in [2.24, 2.45) is 11.8 Å². The molecule has 0 unspecified atom stereocenters. The van der Waals surface area contributed by atoms with Crippen LogP contribution in [0.15, 0.2) is 91.3 Å². The number of benzene rings is 3. The molecule has 14 heteroatoms. The van der Waals surface area contributed by atoms with Crippen LogP contribution in [0, 0.1) is 11.8 Å². The van der Waals surface area contributed by atoms with Crippen LogP contribution in [-0.4, -0.2) is 81.3 Å². The number of hydrogen-bond acceptors (Lipinski definition) is 6. The van der Waals surface area contributed by atoms with Crippen molar-refractivity contribution >= 4 is 57.3 Å². The van der Waals surface area contributed by atoms with E-state index in [1.807, 2.05) is 92.7 Å². The largest absolute Gasteiger partial charge is 0.481 e. The second-order valence-corrected chi connectivity index (χ2v) is 16.1.